The van der Waals surface area contributed by atoms with E-state index in [1.54, 1.807) is 26.2 Å². The summed E-state index contributed by atoms with van der Waals surface area (Å²) in [5.74, 6) is -2.08. The fourth-order valence-electron chi connectivity index (χ4n) is 3.46. The van der Waals surface area contributed by atoms with Gasteiger partial charge in [0.1, 0.15) is 17.5 Å². The third-order valence-electron chi connectivity index (χ3n) is 4.72. The van der Waals surface area contributed by atoms with Gasteiger partial charge in [0.05, 0.1) is 13.7 Å². The zero-order valence-corrected chi connectivity index (χ0v) is 15.3. The van der Waals surface area contributed by atoms with Crippen LogP contribution in [0.5, 0.6) is 5.75 Å². The van der Waals surface area contributed by atoms with Gasteiger partial charge in [0.25, 0.3) is 0 Å². The Hall–Kier alpha value is -2.95. The van der Waals surface area contributed by atoms with E-state index < -0.39 is 23.6 Å². The molecule has 5 heteroatoms. The Labute approximate surface area is 157 Å². The molecule has 0 heterocycles. The average Bonchev–Trinajstić information content (AvgIpc) is 2.67. The molecule has 0 aromatic heterocycles. The SMILES string of the molecule is CCOC(=O)C1C(=O)C=C(c2cccc(OC)c2)CC1c1cccc(F)c1. The van der Waals surface area contributed by atoms with Crippen molar-refractivity contribution in [1.29, 1.82) is 0 Å². The molecule has 2 aromatic carbocycles. The Balaban J connectivity index is 2.03. The molecule has 140 valence electrons. The molecule has 27 heavy (non-hydrogen) atoms. The lowest BCUT2D eigenvalue weighted by Gasteiger charge is -2.29. The Morgan fingerprint density at radius 3 is 2.67 bits per heavy atom. The molecule has 0 spiro atoms. The van der Waals surface area contributed by atoms with Crippen molar-refractivity contribution in [3.63, 3.8) is 0 Å². The predicted molar refractivity (Wildman–Crippen MR) is 99.9 cm³/mol. The number of rotatable bonds is 5. The first-order valence-electron chi connectivity index (χ1n) is 8.84. The van der Waals surface area contributed by atoms with Gasteiger partial charge >= 0.3 is 5.97 Å². The number of halogens is 1. The van der Waals surface area contributed by atoms with E-state index in [0.29, 0.717) is 17.7 Å². The number of carbonyl (C=O) groups excluding carboxylic acids is 2. The number of esters is 1. The standard InChI is InChI=1S/C22H21FO4/c1-3-27-22(25)21-19(15-7-4-8-17(23)10-15)12-16(13-20(21)24)14-6-5-9-18(11-14)26-2/h4-11,13,19,21H,3,12H2,1-2H3. The molecule has 1 aliphatic carbocycles. The maximum Gasteiger partial charge on any atom is 0.317 e. The van der Waals surface area contributed by atoms with Crippen molar-refractivity contribution in [3.05, 3.63) is 71.6 Å². The maximum atomic E-state index is 13.8. The minimum Gasteiger partial charge on any atom is -0.497 e. The highest BCUT2D eigenvalue weighted by Crippen LogP contribution is 2.40. The van der Waals surface area contributed by atoms with Crippen molar-refractivity contribution in [2.45, 2.75) is 19.3 Å². The molecule has 2 unspecified atom stereocenters. The molecule has 0 radical (unpaired) electrons. The fourth-order valence-corrected chi connectivity index (χ4v) is 3.46. The van der Waals surface area contributed by atoms with Gasteiger partial charge in [0, 0.05) is 5.92 Å². The minimum absolute atomic E-state index is 0.185. The van der Waals surface area contributed by atoms with Crippen LogP contribution in [-0.4, -0.2) is 25.5 Å². The van der Waals surface area contributed by atoms with Crippen molar-refractivity contribution in [3.8, 4) is 5.75 Å². The van der Waals surface area contributed by atoms with Crippen molar-refractivity contribution in [1.82, 2.24) is 0 Å². The lowest BCUT2D eigenvalue weighted by molar-refractivity contribution is -0.151. The van der Waals surface area contributed by atoms with E-state index >= 15 is 0 Å². The molecule has 0 bridgehead atoms. The van der Waals surface area contributed by atoms with E-state index in [-0.39, 0.29) is 12.4 Å². The minimum atomic E-state index is -0.971. The first-order valence-corrected chi connectivity index (χ1v) is 8.84. The van der Waals surface area contributed by atoms with Crippen LogP contribution in [0.15, 0.2) is 54.6 Å². The van der Waals surface area contributed by atoms with E-state index in [4.69, 9.17) is 9.47 Å². The van der Waals surface area contributed by atoms with Gasteiger partial charge in [0.15, 0.2) is 5.78 Å². The number of allylic oxidation sites excluding steroid dienone is 2. The molecule has 0 fully saturated rings. The molecule has 4 nitrogen and oxygen atoms in total. The lowest BCUT2D eigenvalue weighted by atomic mass is 9.73. The zero-order valence-electron chi connectivity index (χ0n) is 15.3. The van der Waals surface area contributed by atoms with E-state index in [9.17, 15) is 14.0 Å². The molecule has 0 aliphatic heterocycles. The number of carbonyl (C=O) groups is 2. The summed E-state index contributed by atoms with van der Waals surface area (Å²) < 4.78 is 24.1. The largest absolute Gasteiger partial charge is 0.497 e. The van der Waals surface area contributed by atoms with Crippen molar-refractivity contribution in [2.75, 3.05) is 13.7 Å². The first-order chi connectivity index (χ1) is 13.0. The number of ether oxygens (including phenoxy) is 2. The van der Waals surface area contributed by atoms with Crippen molar-refractivity contribution < 1.29 is 23.5 Å². The number of hydrogen-bond donors (Lipinski definition) is 0. The smallest absolute Gasteiger partial charge is 0.317 e. The molecule has 0 N–H and O–H groups in total. The summed E-state index contributed by atoms with van der Waals surface area (Å²) in [6.07, 6.45) is 1.91. The Morgan fingerprint density at radius 1 is 1.19 bits per heavy atom. The van der Waals surface area contributed by atoms with Crippen LogP contribution in [-0.2, 0) is 14.3 Å². The molecular formula is C22H21FO4. The number of ketones is 1. The van der Waals surface area contributed by atoms with E-state index in [1.165, 1.54) is 18.2 Å². The van der Waals surface area contributed by atoms with Gasteiger partial charge in [-0.2, -0.15) is 0 Å². The Morgan fingerprint density at radius 2 is 1.96 bits per heavy atom. The summed E-state index contributed by atoms with van der Waals surface area (Å²) in [4.78, 5) is 25.2. The molecule has 2 atom stereocenters. The summed E-state index contributed by atoms with van der Waals surface area (Å²) in [5.41, 5.74) is 2.23. The van der Waals surface area contributed by atoms with Crippen LogP contribution in [0, 0.1) is 11.7 Å². The zero-order chi connectivity index (χ0) is 19.4. The quantitative estimate of drug-likeness (QED) is 0.588. The molecule has 2 aromatic rings. The molecule has 3 rings (SSSR count). The number of hydrogen-bond acceptors (Lipinski definition) is 4. The van der Waals surface area contributed by atoms with Crippen LogP contribution >= 0.6 is 0 Å². The van der Waals surface area contributed by atoms with Crippen LogP contribution < -0.4 is 4.74 Å². The van der Waals surface area contributed by atoms with Gasteiger partial charge in [-0.05, 0) is 60.4 Å². The van der Waals surface area contributed by atoms with Gasteiger partial charge in [-0.3, -0.25) is 9.59 Å². The van der Waals surface area contributed by atoms with Gasteiger partial charge in [0.2, 0.25) is 0 Å². The monoisotopic (exact) mass is 368 g/mol. The molecule has 0 saturated carbocycles. The van der Waals surface area contributed by atoms with Crippen LogP contribution in [0.25, 0.3) is 5.57 Å². The van der Waals surface area contributed by atoms with Crippen LogP contribution in [0.2, 0.25) is 0 Å². The Bertz CT molecular complexity index is 887. The van der Waals surface area contributed by atoms with Crippen molar-refractivity contribution in [2.24, 2.45) is 5.92 Å². The van der Waals surface area contributed by atoms with Gasteiger partial charge < -0.3 is 9.47 Å². The highest BCUT2D eigenvalue weighted by molar-refractivity contribution is 6.10. The van der Waals surface area contributed by atoms with E-state index in [0.717, 1.165) is 11.1 Å². The van der Waals surface area contributed by atoms with Crippen LogP contribution in [0.1, 0.15) is 30.4 Å². The van der Waals surface area contributed by atoms with Crippen LogP contribution in [0.4, 0.5) is 4.39 Å². The van der Waals surface area contributed by atoms with E-state index in [2.05, 4.69) is 0 Å². The average molecular weight is 368 g/mol. The second kappa shape index (κ2) is 8.16. The molecule has 0 saturated heterocycles. The molecule has 1 aliphatic rings. The third kappa shape index (κ3) is 4.08. The number of benzene rings is 2. The van der Waals surface area contributed by atoms with Gasteiger partial charge in [-0.1, -0.05) is 24.3 Å². The van der Waals surface area contributed by atoms with E-state index in [1.807, 2.05) is 24.3 Å². The maximum absolute atomic E-state index is 13.8. The molecule has 0 amide bonds. The summed E-state index contributed by atoms with van der Waals surface area (Å²) in [6, 6.07) is 13.4. The van der Waals surface area contributed by atoms with Gasteiger partial charge in [-0.25, -0.2) is 4.39 Å². The summed E-state index contributed by atoms with van der Waals surface area (Å²) in [6.45, 7) is 1.88. The normalized spacial score (nSPS) is 19.4. The second-order valence-corrected chi connectivity index (χ2v) is 6.40. The topological polar surface area (TPSA) is 52.6 Å². The highest BCUT2D eigenvalue weighted by Gasteiger charge is 2.39. The highest BCUT2D eigenvalue weighted by atomic mass is 19.1. The first kappa shape index (κ1) is 18.8. The predicted octanol–water partition coefficient (Wildman–Crippen LogP) is 4.15. The lowest BCUT2D eigenvalue weighted by Crippen LogP contribution is -2.34. The Kier molecular flexibility index (Phi) is 5.69. The third-order valence-corrected chi connectivity index (χ3v) is 4.72. The summed E-state index contributed by atoms with van der Waals surface area (Å²) >= 11 is 0. The fraction of sp³-hybridized carbons (Fsp3) is 0.273. The number of methoxy groups -OCH3 is 1. The second-order valence-electron chi connectivity index (χ2n) is 6.40. The van der Waals surface area contributed by atoms with Gasteiger partial charge in [-0.15, -0.1) is 0 Å². The van der Waals surface area contributed by atoms with Crippen LogP contribution in [0.3, 0.4) is 0 Å². The summed E-state index contributed by atoms with van der Waals surface area (Å²) in [5, 5.41) is 0. The molecular weight excluding hydrogens is 347 g/mol. The van der Waals surface area contributed by atoms with Crippen molar-refractivity contribution >= 4 is 17.3 Å². The summed E-state index contributed by atoms with van der Waals surface area (Å²) in [7, 11) is 1.58.